The van der Waals surface area contributed by atoms with E-state index in [0.29, 0.717) is 21.8 Å². The summed E-state index contributed by atoms with van der Waals surface area (Å²) in [5.74, 6) is -1.24. The fourth-order valence-corrected chi connectivity index (χ4v) is 2.61. The molecule has 0 heterocycles. The first kappa shape index (κ1) is 20.8. The molecular weight excluding hydrogens is 402 g/mol. The minimum absolute atomic E-state index is 0.286. The van der Waals surface area contributed by atoms with Crippen LogP contribution in [0.25, 0.3) is 6.08 Å². The van der Waals surface area contributed by atoms with Crippen molar-refractivity contribution in [3.05, 3.63) is 107 Å². The summed E-state index contributed by atoms with van der Waals surface area (Å²) in [5.41, 5.74) is 6.82. The highest BCUT2D eigenvalue weighted by Crippen LogP contribution is 2.11. The van der Waals surface area contributed by atoms with E-state index in [2.05, 4.69) is 16.2 Å². The molecule has 3 aromatic rings. The summed E-state index contributed by atoms with van der Waals surface area (Å²) in [6.07, 6.45) is 3.14. The number of hydrazine groups is 1. The van der Waals surface area contributed by atoms with Gasteiger partial charge in [-0.3, -0.25) is 25.2 Å². The van der Waals surface area contributed by atoms with Crippen LogP contribution in [0.15, 0.2) is 84.9 Å². The summed E-state index contributed by atoms with van der Waals surface area (Å²) in [6, 6.07) is 22.0. The van der Waals surface area contributed by atoms with Crippen molar-refractivity contribution < 1.29 is 14.4 Å². The lowest BCUT2D eigenvalue weighted by Crippen LogP contribution is -2.41. The highest BCUT2D eigenvalue weighted by Gasteiger charge is 2.09. The van der Waals surface area contributed by atoms with Gasteiger partial charge in [0.1, 0.15) is 0 Å². The van der Waals surface area contributed by atoms with Crippen LogP contribution < -0.4 is 16.2 Å². The minimum atomic E-state index is -0.487. The van der Waals surface area contributed by atoms with Crippen molar-refractivity contribution in [1.82, 2.24) is 10.9 Å². The van der Waals surface area contributed by atoms with Gasteiger partial charge in [0.05, 0.1) is 0 Å². The van der Waals surface area contributed by atoms with Gasteiger partial charge in [-0.25, -0.2) is 0 Å². The van der Waals surface area contributed by atoms with Crippen molar-refractivity contribution in [2.24, 2.45) is 0 Å². The van der Waals surface area contributed by atoms with E-state index in [9.17, 15) is 14.4 Å². The Kier molecular flexibility index (Phi) is 6.97. The highest BCUT2D eigenvalue weighted by atomic mass is 35.5. The van der Waals surface area contributed by atoms with E-state index in [1.54, 1.807) is 54.6 Å². The fraction of sp³-hybridized carbons (Fsp3) is 0. The molecule has 3 rings (SSSR count). The Morgan fingerprint density at radius 2 is 1.23 bits per heavy atom. The molecule has 0 aliphatic heterocycles. The number of carbonyl (C=O) groups is 3. The topological polar surface area (TPSA) is 87.3 Å². The summed E-state index contributed by atoms with van der Waals surface area (Å²) >= 11 is 5.78. The zero-order valence-corrected chi connectivity index (χ0v) is 16.5. The Morgan fingerprint density at radius 3 is 1.80 bits per heavy atom. The maximum absolute atomic E-state index is 12.2. The van der Waals surface area contributed by atoms with E-state index in [0.717, 1.165) is 5.56 Å². The van der Waals surface area contributed by atoms with Crippen LogP contribution in [-0.2, 0) is 4.79 Å². The molecule has 0 atom stereocenters. The van der Waals surface area contributed by atoms with Gasteiger partial charge < -0.3 is 5.32 Å². The predicted octanol–water partition coefficient (Wildman–Crippen LogP) is 4.07. The molecule has 0 saturated carbocycles. The molecule has 0 aromatic heterocycles. The average molecular weight is 420 g/mol. The van der Waals surface area contributed by atoms with Gasteiger partial charge in [-0.15, -0.1) is 0 Å². The maximum Gasteiger partial charge on any atom is 0.269 e. The molecule has 0 fully saturated rings. The Morgan fingerprint density at radius 1 is 0.700 bits per heavy atom. The molecule has 150 valence electrons. The Bertz CT molecular complexity index is 1060. The van der Waals surface area contributed by atoms with Crippen molar-refractivity contribution in [3.63, 3.8) is 0 Å². The van der Waals surface area contributed by atoms with E-state index in [1.165, 1.54) is 6.08 Å². The van der Waals surface area contributed by atoms with Crippen molar-refractivity contribution in [3.8, 4) is 0 Å². The molecule has 6 nitrogen and oxygen atoms in total. The lowest BCUT2D eigenvalue weighted by molar-refractivity contribution is -0.111. The molecule has 0 aliphatic carbocycles. The van der Waals surface area contributed by atoms with Gasteiger partial charge >= 0.3 is 0 Å². The number of hydrogen-bond acceptors (Lipinski definition) is 3. The number of amides is 3. The number of nitrogens with one attached hydrogen (secondary N) is 3. The number of hydrogen-bond donors (Lipinski definition) is 3. The number of carbonyl (C=O) groups excluding carboxylic acids is 3. The number of halogens is 1. The molecule has 3 aromatic carbocycles. The second-order valence-electron chi connectivity index (χ2n) is 6.23. The molecule has 3 N–H and O–H groups in total. The lowest BCUT2D eigenvalue weighted by Gasteiger charge is -2.08. The van der Waals surface area contributed by atoms with Gasteiger partial charge in [-0.1, -0.05) is 41.9 Å². The first-order valence-corrected chi connectivity index (χ1v) is 9.39. The minimum Gasteiger partial charge on any atom is -0.323 e. The second kappa shape index (κ2) is 10.0. The van der Waals surface area contributed by atoms with Crippen LogP contribution in [-0.4, -0.2) is 17.7 Å². The molecule has 0 bridgehead atoms. The van der Waals surface area contributed by atoms with Crippen LogP contribution >= 0.6 is 11.6 Å². The summed E-state index contributed by atoms with van der Waals surface area (Å²) in [5, 5.41) is 3.23. The Balaban J connectivity index is 1.51. The molecular formula is C23H18ClN3O3. The fourth-order valence-electron chi connectivity index (χ4n) is 2.48. The van der Waals surface area contributed by atoms with Crippen LogP contribution in [0.4, 0.5) is 5.69 Å². The molecule has 0 unspecified atom stereocenters. The van der Waals surface area contributed by atoms with Gasteiger partial charge in [0.25, 0.3) is 11.8 Å². The third-order valence-corrected chi connectivity index (χ3v) is 4.29. The van der Waals surface area contributed by atoms with E-state index in [4.69, 9.17) is 11.6 Å². The Hall–Kier alpha value is -3.90. The van der Waals surface area contributed by atoms with Crippen LogP contribution in [0, 0.1) is 0 Å². The van der Waals surface area contributed by atoms with Crippen LogP contribution in [0.5, 0.6) is 0 Å². The van der Waals surface area contributed by atoms with Gasteiger partial charge in [-0.2, -0.15) is 0 Å². The SMILES string of the molecule is O=C(/C=C/c1ccccc1)Nc1ccc(C(=O)NNC(=O)c2ccc(Cl)cc2)cc1. The molecule has 0 saturated heterocycles. The van der Waals surface area contributed by atoms with E-state index in [-0.39, 0.29) is 5.91 Å². The second-order valence-corrected chi connectivity index (χ2v) is 6.66. The van der Waals surface area contributed by atoms with E-state index in [1.807, 2.05) is 30.3 Å². The van der Waals surface area contributed by atoms with Crippen molar-refractivity contribution >= 4 is 41.1 Å². The first-order valence-electron chi connectivity index (χ1n) is 9.02. The predicted molar refractivity (Wildman–Crippen MR) is 117 cm³/mol. The molecule has 7 heteroatoms. The third kappa shape index (κ3) is 6.05. The number of anilines is 1. The summed E-state index contributed by atoms with van der Waals surface area (Å²) in [4.78, 5) is 36.2. The van der Waals surface area contributed by atoms with E-state index < -0.39 is 11.8 Å². The van der Waals surface area contributed by atoms with Crippen molar-refractivity contribution in [2.45, 2.75) is 0 Å². The zero-order chi connectivity index (χ0) is 21.3. The van der Waals surface area contributed by atoms with E-state index >= 15 is 0 Å². The van der Waals surface area contributed by atoms with Gasteiger partial charge in [0.2, 0.25) is 5.91 Å². The average Bonchev–Trinajstić information content (AvgIpc) is 2.77. The van der Waals surface area contributed by atoms with Crippen LogP contribution in [0.1, 0.15) is 26.3 Å². The molecule has 0 aliphatic rings. The van der Waals surface area contributed by atoms with Gasteiger partial charge in [0, 0.05) is 27.9 Å². The molecule has 0 radical (unpaired) electrons. The number of rotatable bonds is 5. The maximum atomic E-state index is 12.2. The van der Waals surface area contributed by atoms with Crippen molar-refractivity contribution in [1.29, 1.82) is 0 Å². The summed E-state index contributed by atoms with van der Waals surface area (Å²) in [7, 11) is 0. The standard InChI is InChI=1S/C23H18ClN3O3/c24-19-11-7-17(8-12-19)22(29)26-27-23(30)18-9-13-20(14-10-18)25-21(28)15-6-16-4-2-1-3-5-16/h1-15H,(H,25,28)(H,26,29)(H,27,30)/b15-6+. The first-order chi connectivity index (χ1) is 14.5. The Labute approximate surface area is 178 Å². The third-order valence-electron chi connectivity index (χ3n) is 4.04. The van der Waals surface area contributed by atoms with Crippen LogP contribution in [0.3, 0.4) is 0 Å². The molecule has 3 amide bonds. The number of benzene rings is 3. The molecule has 30 heavy (non-hydrogen) atoms. The normalized spacial score (nSPS) is 10.4. The monoisotopic (exact) mass is 419 g/mol. The van der Waals surface area contributed by atoms with Gasteiger partial charge in [-0.05, 0) is 60.2 Å². The quantitative estimate of drug-likeness (QED) is 0.430. The van der Waals surface area contributed by atoms with Crippen LogP contribution in [0.2, 0.25) is 5.02 Å². The zero-order valence-electron chi connectivity index (χ0n) is 15.8. The summed E-state index contributed by atoms with van der Waals surface area (Å²) in [6.45, 7) is 0. The van der Waals surface area contributed by atoms with Gasteiger partial charge in [0.15, 0.2) is 0 Å². The molecule has 0 spiro atoms. The lowest BCUT2D eigenvalue weighted by atomic mass is 10.2. The highest BCUT2D eigenvalue weighted by molar-refractivity contribution is 6.30. The largest absolute Gasteiger partial charge is 0.323 e. The smallest absolute Gasteiger partial charge is 0.269 e. The van der Waals surface area contributed by atoms with Crippen molar-refractivity contribution in [2.75, 3.05) is 5.32 Å². The summed E-state index contributed by atoms with van der Waals surface area (Å²) < 4.78 is 0.